The Labute approximate surface area is 119 Å². The maximum atomic E-state index is 9.71. The minimum atomic E-state index is -0.556. The number of hydrogen-bond donors (Lipinski definition) is 1. The fraction of sp³-hybridized carbons (Fsp3) is 0.294. The molecule has 2 rings (SSSR count). The molecule has 20 heavy (non-hydrogen) atoms. The summed E-state index contributed by atoms with van der Waals surface area (Å²) in [5.41, 5.74) is 2.97. The van der Waals surface area contributed by atoms with Crippen LogP contribution in [0.3, 0.4) is 0 Å². The Bertz CT molecular complexity index is 535. The molecule has 0 fully saturated rings. The molecule has 0 unspecified atom stereocenters. The van der Waals surface area contributed by atoms with E-state index in [-0.39, 0.29) is 6.79 Å². The van der Waals surface area contributed by atoms with Crippen LogP contribution in [0, 0.1) is 6.92 Å². The van der Waals surface area contributed by atoms with Crippen molar-refractivity contribution in [1.29, 1.82) is 0 Å². The van der Waals surface area contributed by atoms with Crippen LogP contribution in [-0.2, 0) is 11.3 Å². The molecule has 2 aromatic rings. The normalized spacial score (nSPS) is 12.2. The molecule has 3 nitrogen and oxygen atoms in total. The van der Waals surface area contributed by atoms with Gasteiger partial charge in [-0.05, 0) is 31.0 Å². The second-order valence-corrected chi connectivity index (χ2v) is 4.81. The Balaban J connectivity index is 1.89. The van der Waals surface area contributed by atoms with Crippen LogP contribution in [-0.4, -0.2) is 11.9 Å². The Morgan fingerprint density at radius 2 is 1.85 bits per heavy atom. The summed E-state index contributed by atoms with van der Waals surface area (Å²) in [5.74, 6) is 0.674. The predicted octanol–water partition coefficient (Wildman–Crippen LogP) is 3.60. The Morgan fingerprint density at radius 1 is 1.10 bits per heavy atom. The van der Waals surface area contributed by atoms with Gasteiger partial charge in [-0.1, -0.05) is 42.5 Å². The summed E-state index contributed by atoms with van der Waals surface area (Å²) >= 11 is 0. The molecule has 0 amide bonds. The molecule has 0 saturated heterocycles. The van der Waals surface area contributed by atoms with Gasteiger partial charge in [0.1, 0.15) is 5.75 Å². The SMILES string of the molecule is Cc1ccc([C@H](C)O)c(OCOCc2ccccc2)c1. The third-order valence-electron chi connectivity index (χ3n) is 3.03. The number of ether oxygens (including phenoxy) is 2. The van der Waals surface area contributed by atoms with Gasteiger partial charge in [-0.25, -0.2) is 0 Å². The van der Waals surface area contributed by atoms with Crippen molar-refractivity contribution in [2.24, 2.45) is 0 Å². The second kappa shape index (κ2) is 7.08. The molecule has 0 aliphatic heterocycles. The van der Waals surface area contributed by atoms with Crippen LogP contribution in [0.4, 0.5) is 0 Å². The first-order valence-corrected chi connectivity index (χ1v) is 6.70. The number of rotatable bonds is 6. The summed E-state index contributed by atoms with van der Waals surface area (Å²) in [6, 6.07) is 15.7. The molecular weight excluding hydrogens is 252 g/mol. The largest absolute Gasteiger partial charge is 0.467 e. The standard InChI is InChI=1S/C17H20O3/c1-13-8-9-16(14(2)18)17(10-13)20-12-19-11-15-6-4-3-5-7-15/h3-10,14,18H,11-12H2,1-2H3/t14-/m0/s1. The molecule has 0 aliphatic rings. The molecule has 0 aliphatic carbocycles. The fourth-order valence-electron chi connectivity index (χ4n) is 1.95. The molecule has 0 saturated carbocycles. The number of aryl methyl sites for hydroxylation is 1. The average Bonchev–Trinajstić information content (AvgIpc) is 2.44. The zero-order chi connectivity index (χ0) is 14.4. The lowest BCUT2D eigenvalue weighted by Crippen LogP contribution is -2.06. The van der Waals surface area contributed by atoms with Gasteiger partial charge in [0.15, 0.2) is 6.79 Å². The van der Waals surface area contributed by atoms with Gasteiger partial charge in [0, 0.05) is 5.56 Å². The van der Waals surface area contributed by atoms with E-state index in [0.717, 1.165) is 16.7 Å². The maximum Gasteiger partial charge on any atom is 0.189 e. The molecule has 0 spiro atoms. The van der Waals surface area contributed by atoms with Gasteiger partial charge in [-0.3, -0.25) is 0 Å². The van der Waals surface area contributed by atoms with Crippen molar-refractivity contribution >= 4 is 0 Å². The molecule has 2 aromatic carbocycles. The highest BCUT2D eigenvalue weighted by Crippen LogP contribution is 2.26. The lowest BCUT2D eigenvalue weighted by Gasteiger charge is -2.14. The van der Waals surface area contributed by atoms with Crippen molar-refractivity contribution in [1.82, 2.24) is 0 Å². The lowest BCUT2D eigenvalue weighted by atomic mass is 10.1. The van der Waals surface area contributed by atoms with Gasteiger partial charge < -0.3 is 14.6 Å². The molecule has 106 valence electrons. The first-order chi connectivity index (χ1) is 9.66. The minimum absolute atomic E-state index is 0.165. The van der Waals surface area contributed by atoms with Crippen LogP contribution in [0.15, 0.2) is 48.5 Å². The van der Waals surface area contributed by atoms with Gasteiger partial charge in [-0.2, -0.15) is 0 Å². The highest BCUT2D eigenvalue weighted by molar-refractivity contribution is 5.38. The highest BCUT2D eigenvalue weighted by Gasteiger charge is 2.09. The van der Waals surface area contributed by atoms with Crippen LogP contribution in [0.5, 0.6) is 5.75 Å². The molecule has 0 aromatic heterocycles. The smallest absolute Gasteiger partial charge is 0.189 e. The Hall–Kier alpha value is -1.84. The molecule has 0 heterocycles. The minimum Gasteiger partial charge on any atom is -0.467 e. The van der Waals surface area contributed by atoms with Crippen molar-refractivity contribution in [2.45, 2.75) is 26.6 Å². The van der Waals surface area contributed by atoms with E-state index in [1.807, 2.05) is 55.5 Å². The average molecular weight is 272 g/mol. The summed E-state index contributed by atoms with van der Waals surface area (Å²) in [5, 5.41) is 9.71. The third kappa shape index (κ3) is 4.08. The van der Waals surface area contributed by atoms with Crippen LogP contribution in [0.25, 0.3) is 0 Å². The topological polar surface area (TPSA) is 38.7 Å². The molecular formula is C17H20O3. The zero-order valence-corrected chi connectivity index (χ0v) is 11.9. The van der Waals surface area contributed by atoms with Gasteiger partial charge in [0.25, 0.3) is 0 Å². The van der Waals surface area contributed by atoms with E-state index in [1.165, 1.54) is 0 Å². The monoisotopic (exact) mass is 272 g/mol. The van der Waals surface area contributed by atoms with Crippen LogP contribution in [0.1, 0.15) is 29.7 Å². The van der Waals surface area contributed by atoms with Crippen molar-refractivity contribution in [3.63, 3.8) is 0 Å². The van der Waals surface area contributed by atoms with Gasteiger partial charge in [0.05, 0.1) is 12.7 Å². The molecule has 0 bridgehead atoms. The van der Waals surface area contributed by atoms with Gasteiger partial charge >= 0.3 is 0 Å². The highest BCUT2D eigenvalue weighted by atomic mass is 16.7. The third-order valence-corrected chi connectivity index (χ3v) is 3.03. The van der Waals surface area contributed by atoms with Crippen LogP contribution in [0.2, 0.25) is 0 Å². The fourth-order valence-corrected chi connectivity index (χ4v) is 1.95. The summed E-state index contributed by atoms with van der Waals surface area (Å²) in [7, 11) is 0. The van der Waals surface area contributed by atoms with Crippen molar-refractivity contribution < 1.29 is 14.6 Å². The Morgan fingerprint density at radius 3 is 2.55 bits per heavy atom. The van der Waals surface area contributed by atoms with Crippen molar-refractivity contribution in [3.8, 4) is 5.75 Å². The number of benzene rings is 2. The van der Waals surface area contributed by atoms with Crippen molar-refractivity contribution in [2.75, 3.05) is 6.79 Å². The molecule has 3 heteroatoms. The van der Waals surface area contributed by atoms with E-state index in [1.54, 1.807) is 6.92 Å². The maximum absolute atomic E-state index is 9.71. The first kappa shape index (κ1) is 14.6. The zero-order valence-electron chi connectivity index (χ0n) is 11.9. The summed E-state index contributed by atoms with van der Waals surface area (Å²) in [6.07, 6.45) is -0.556. The number of aliphatic hydroxyl groups is 1. The van der Waals surface area contributed by atoms with E-state index in [2.05, 4.69) is 0 Å². The van der Waals surface area contributed by atoms with Crippen LogP contribution < -0.4 is 4.74 Å². The quantitative estimate of drug-likeness (QED) is 0.645. The molecule has 1 N–H and O–H groups in total. The number of hydrogen-bond acceptors (Lipinski definition) is 3. The van der Waals surface area contributed by atoms with E-state index in [0.29, 0.717) is 12.4 Å². The first-order valence-electron chi connectivity index (χ1n) is 6.70. The van der Waals surface area contributed by atoms with Gasteiger partial charge in [0.2, 0.25) is 0 Å². The van der Waals surface area contributed by atoms with E-state index in [4.69, 9.17) is 9.47 Å². The summed E-state index contributed by atoms with van der Waals surface area (Å²) in [4.78, 5) is 0. The summed E-state index contributed by atoms with van der Waals surface area (Å²) < 4.78 is 11.1. The van der Waals surface area contributed by atoms with E-state index >= 15 is 0 Å². The summed E-state index contributed by atoms with van der Waals surface area (Å²) in [6.45, 7) is 4.39. The van der Waals surface area contributed by atoms with E-state index in [9.17, 15) is 5.11 Å². The predicted molar refractivity (Wildman–Crippen MR) is 78.5 cm³/mol. The van der Waals surface area contributed by atoms with Gasteiger partial charge in [-0.15, -0.1) is 0 Å². The molecule has 0 radical (unpaired) electrons. The molecule has 1 atom stereocenters. The Kier molecular flexibility index (Phi) is 5.16. The van der Waals surface area contributed by atoms with E-state index < -0.39 is 6.10 Å². The van der Waals surface area contributed by atoms with Crippen molar-refractivity contribution in [3.05, 3.63) is 65.2 Å². The lowest BCUT2D eigenvalue weighted by molar-refractivity contribution is 0.00340. The second-order valence-electron chi connectivity index (χ2n) is 4.81. The van der Waals surface area contributed by atoms with Crippen LogP contribution >= 0.6 is 0 Å². The number of aliphatic hydroxyl groups excluding tert-OH is 1.